The number of aromatic nitrogens is 4. The van der Waals surface area contributed by atoms with Crippen molar-refractivity contribution in [3.05, 3.63) is 72.1 Å². The van der Waals surface area contributed by atoms with E-state index in [1.165, 1.54) is 4.68 Å². The number of halogens is 1. The van der Waals surface area contributed by atoms with Crippen LogP contribution in [-0.2, 0) is 0 Å². The van der Waals surface area contributed by atoms with Crippen LogP contribution >= 0.6 is 22.6 Å². The molecule has 4 aromatic rings. The second-order valence-corrected chi connectivity index (χ2v) is 8.41. The minimum atomic E-state index is -0.261. The minimum Gasteiger partial charge on any atom is -0.370 e. The molecule has 0 aliphatic rings. The molecule has 4 rings (SSSR count). The Hall–Kier alpha value is -3.08. The lowest BCUT2D eigenvalue weighted by atomic mass is 10.2. The Morgan fingerprint density at radius 2 is 1.71 bits per heavy atom. The average molecular weight is 530 g/mol. The van der Waals surface area contributed by atoms with Crippen LogP contribution < -0.4 is 16.1 Å². The van der Waals surface area contributed by atoms with E-state index in [0.29, 0.717) is 16.8 Å². The largest absolute Gasteiger partial charge is 0.370 e. The highest BCUT2D eigenvalue weighted by atomic mass is 127. The highest BCUT2D eigenvalue weighted by Crippen LogP contribution is 2.32. The number of fused-ring (bicyclic) bond motifs is 1. The monoisotopic (exact) mass is 530 g/mol. The summed E-state index contributed by atoms with van der Waals surface area (Å²) in [5, 5.41) is 3.13. The summed E-state index contributed by atoms with van der Waals surface area (Å²) in [7, 11) is 0. The highest BCUT2D eigenvalue weighted by Gasteiger charge is 2.14. The van der Waals surface area contributed by atoms with Gasteiger partial charge >= 0.3 is 5.69 Å². The van der Waals surface area contributed by atoms with Gasteiger partial charge in [0, 0.05) is 28.6 Å². The summed E-state index contributed by atoms with van der Waals surface area (Å²) >= 11 is 2.23. The van der Waals surface area contributed by atoms with Crippen molar-refractivity contribution in [1.29, 1.82) is 0 Å². The third kappa shape index (κ3) is 4.09. The molecule has 0 bridgehead atoms. The minimum absolute atomic E-state index is 0.164. The summed E-state index contributed by atoms with van der Waals surface area (Å²) in [6, 6.07) is 11.5. The fourth-order valence-electron chi connectivity index (χ4n) is 3.60. The molecule has 0 amide bonds. The number of anilines is 1. The first-order valence-corrected chi connectivity index (χ1v) is 11.1. The molecule has 160 valence electrons. The van der Waals surface area contributed by atoms with Gasteiger partial charge in [0.2, 0.25) is 0 Å². The lowest BCUT2D eigenvalue weighted by Gasteiger charge is -2.22. The number of hydrogen-bond donors (Lipinski definition) is 3. The number of aryl methyl sites for hydroxylation is 1. The van der Waals surface area contributed by atoms with Crippen molar-refractivity contribution in [3.63, 3.8) is 0 Å². The van der Waals surface area contributed by atoms with Gasteiger partial charge < -0.3 is 14.9 Å². The number of aliphatic imine (C=N–C) groups is 1. The molecule has 0 aliphatic carbocycles. The zero-order valence-electron chi connectivity index (χ0n) is 17.5. The molecule has 0 unspecified atom stereocenters. The first-order valence-electron chi connectivity index (χ1n) is 10.0. The van der Waals surface area contributed by atoms with Crippen LogP contribution in [0.3, 0.4) is 0 Å². The average Bonchev–Trinajstić information content (AvgIpc) is 3.25. The third-order valence-electron chi connectivity index (χ3n) is 5.25. The second kappa shape index (κ2) is 8.58. The number of H-pyrrole nitrogens is 3. The number of hydrogen-bond acceptors (Lipinski definition) is 4. The molecular formula is C22H23IN6O2. The van der Waals surface area contributed by atoms with E-state index in [-0.39, 0.29) is 11.2 Å². The Bertz CT molecular complexity index is 1370. The molecule has 0 saturated heterocycles. The van der Waals surface area contributed by atoms with Crippen LogP contribution in [0.15, 0.2) is 51.0 Å². The summed E-state index contributed by atoms with van der Waals surface area (Å²) in [5.41, 5.74) is 4.55. The molecule has 9 heteroatoms. The molecule has 0 fully saturated rings. The van der Waals surface area contributed by atoms with Gasteiger partial charge in [0.15, 0.2) is 0 Å². The Morgan fingerprint density at radius 1 is 1.06 bits per heavy atom. The van der Waals surface area contributed by atoms with E-state index in [1.807, 2.05) is 43.3 Å². The topological polar surface area (TPSA) is 102 Å². The van der Waals surface area contributed by atoms with E-state index >= 15 is 0 Å². The molecule has 0 spiro atoms. The molecule has 0 saturated carbocycles. The molecule has 3 N–H and O–H groups in total. The number of rotatable bonds is 6. The molecule has 2 aromatic heterocycles. The van der Waals surface area contributed by atoms with Gasteiger partial charge in [0.1, 0.15) is 0 Å². The molecule has 0 aliphatic heterocycles. The summed E-state index contributed by atoms with van der Waals surface area (Å²) in [4.78, 5) is 37.1. The van der Waals surface area contributed by atoms with Gasteiger partial charge in [-0.2, -0.15) is 0 Å². The molecule has 2 aromatic carbocycles. The zero-order valence-corrected chi connectivity index (χ0v) is 19.6. The normalized spacial score (nSPS) is 11.6. The summed E-state index contributed by atoms with van der Waals surface area (Å²) < 4.78 is 2.62. The molecule has 8 nitrogen and oxygen atoms in total. The van der Waals surface area contributed by atoms with E-state index in [4.69, 9.17) is 0 Å². The zero-order chi connectivity index (χ0) is 22.1. The summed E-state index contributed by atoms with van der Waals surface area (Å²) in [5.74, 6) is 0. The molecule has 0 radical (unpaired) electrons. The van der Waals surface area contributed by atoms with E-state index in [1.54, 1.807) is 6.21 Å². The van der Waals surface area contributed by atoms with Crippen LogP contribution in [0.1, 0.15) is 25.1 Å². The second-order valence-electron chi connectivity index (χ2n) is 7.16. The van der Waals surface area contributed by atoms with Gasteiger partial charge in [-0.3, -0.25) is 14.9 Å². The van der Waals surface area contributed by atoms with Crippen LogP contribution in [0.2, 0.25) is 0 Å². The Kier molecular flexibility index (Phi) is 5.86. The van der Waals surface area contributed by atoms with Gasteiger partial charge in [-0.15, -0.1) is 0 Å². The highest BCUT2D eigenvalue weighted by molar-refractivity contribution is 14.1. The smallest absolute Gasteiger partial charge is 0.323 e. The fourth-order valence-corrected chi connectivity index (χ4v) is 3.96. The van der Waals surface area contributed by atoms with Crippen LogP contribution in [-0.4, -0.2) is 39.1 Å². The Morgan fingerprint density at radius 3 is 2.35 bits per heavy atom. The van der Waals surface area contributed by atoms with Gasteiger partial charge in [-0.05, 0) is 79.8 Å². The van der Waals surface area contributed by atoms with Crippen LogP contribution in [0, 0.1) is 10.5 Å². The number of benzene rings is 2. The Labute approximate surface area is 192 Å². The van der Waals surface area contributed by atoms with Crippen molar-refractivity contribution in [1.82, 2.24) is 19.7 Å². The number of aromatic amines is 3. The van der Waals surface area contributed by atoms with E-state index in [2.05, 4.69) is 61.4 Å². The first-order chi connectivity index (χ1) is 14.9. The van der Waals surface area contributed by atoms with Gasteiger partial charge in [0.25, 0.3) is 5.56 Å². The third-order valence-corrected chi connectivity index (χ3v) is 5.97. The Balaban J connectivity index is 1.79. The van der Waals surface area contributed by atoms with Crippen molar-refractivity contribution < 1.29 is 0 Å². The van der Waals surface area contributed by atoms with Crippen LogP contribution in [0.25, 0.3) is 16.7 Å². The number of nitrogens with zero attached hydrogens (tertiary/aromatic N) is 3. The van der Waals surface area contributed by atoms with Gasteiger partial charge in [-0.1, -0.05) is 0 Å². The molecule has 2 heterocycles. The van der Waals surface area contributed by atoms with Crippen molar-refractivity contribution >= 4 is 51.2 Å². The molecule has 0 atom stereocenters. The maximum Gasteiger partial charge on any atom is 0.323 e. The van der Waals surface area contributed by atoms with E-state index in [9.17, 15) is 9.59 Å². The lowest BCUT2D eigenvalue weighted by Crippen LogP contribution is -2.22. The maximum absolute atomic E-state index is 13.0. The predicted molar refractivity (Wildman–Crippen MR) is 134 cm³/mol. The predicted octanol–water partition coefficient (Wildman–Crippen LogP) is 3.85. The lowest BCUT2D eigenvalue weighted by molar-refractivity contribution is 0.835. The molecular weight excluding hydrogens is 507 g/mol. The number of imidazole rings is 1. The quantitative estimate of drug-likeness (QED) is 0.261. The SMILES string of the molecule is CCN(CC)c1cc2[nH]c(=O)[nH]c2cc1N=Cc1c(C)[nH]n(-c2ccc(I)cc2)c1=O. The number of nitrogens with one attached hydrogen (secondary N) is 3. The fraction of sp³-hybridized carbons (Fsp3) is 0.227. The van der Waals surface area contributed by atoms with Gasteiger partial charge in [-0.25, -0.2) is 9.48 Å². The van der Waals surface area contributed by atoms with Crippen molar-refractivity contribution in [2.45, 2.75) is 20.8 Å². The van der Waals surface area contributed by atoms with Crippen LogP contribution in [0.5, 0.6) is 0 Å². The first kappa shape index (κ1) is 21.2. The van der Waals surface area contributed by atoms with E-state index < -0.39 is 0 Å². The molecule has 31 heavy (non-hydrogen) atoms. The van der Waals surface area contributed by atoms with Crippen molar-refractivity contribution in [2.75, 3.05) is 18.0 Å². The van der Waals surface area contributed by atoms with Crippen molar-refractivity contribution in [2.24, 2.45) is 4.99 Å². The van der Waals surface area contributed by atoms with Gasteiger partial charge in [0.05, 0.1) is 33.7 Å². The van der Waals surface area contributed by atoms with Crippen molar-refractivity contribution in [3.8, 4) is 5.69 Å². The van der Waals surface area contributed by atoms with E-state index in [0.717, 1.165) is 39.2 Å². The summed E-state index contributed by atoms with van der Waals surface area (Å²) in [6.07, 6.45) is 1.59. The standard InChI is InChI=1S/C22H23IN6O2/c1-4-28(5-2)20-11-18-17(25-22(31)26-18)10-19(20)24-12-16-13(3)27-29(21(16)30)15-8-6-14(23)7-9-15/h6-12,27H,4-5H2,1-3H3,(H2,25,26,31). The summed E-state index contributed by atoms with van der Waals surface area (Å²) in [6.45, 7) is 7.57. The van der Waals surface area contributed by atoms with Crippen LogP contribution in [0.4, 0.5) is 11.4 Å². The maximum atomic E-state index is 13.0.